The molecule has 0 spiro atoms. The van der Waals surface area contributed by atoms with Gasteiger partial charge in [0.25, 0.3) is 0 Å². The predicted molar refractivity (Wildman–Crippen MR) is 79.2 cm³/mol. The van der Waals surface area contributed by atoms with Crippen molar-refractivity contribution in [1.29, 1.82) is 0 Å². The second kappa shape index (κ2) is 5.75. The van der Waals surface area contributed by atoms with E-state index in [0.29, 0.717) is 12.1 Å². The second-order valence-electron chi connectivity index (χ2n) is 6.07. The molecule has 0 amide bonds. The lowest BCUT2D eigenvalue weighted by Gasteiger charge is -2.41. The molecule has 1 fully saturated rings. The largest absolute Gasteiger partial charge is 0.366 e. The average molecular weight is 246 g/mol. The Morgan fingerprint density at radius 1 is 1.28 bits per heavy atom. The number of hydrogen-bond donors (Lipinski definition) is 1. The van der Waals surface area contributed by atoms with Crippen LogP contribution in [0.1, 0.15) is 32.8 Å². The summed E-state index contributed by atoms with van der Waals surface area (Å²) in [5, 5.41) is 3.67. The van der Waals surface area contributed by atoms with Crippen LogP contribution < -0.4 is 10.2 Å². The lowest BCUT2D eigenvalue weighted by molar-refractivity contribution is 0.356. The third kappa shape index (κ3) is 3.26. The van der Waals surface area contributed by atoms with Crippen molar-refractivity contribution in [3.05, 3.63) is 29.8 Å². The van der Waals surface area contributed by atoms with E-state index >= 15 is 0 Å². The van der Waals surface area contributed by atoms with Crippen LogP contribution >= 0.6 is 0 Å². The zero-order valence-corrected chi connectivity index (χ0v) is 12.1. The molecule has 0 saturated carbocycles. The summed E-state index contributed by atoms with van der Waals surface area (Å²) in [5.74, 6) is 0.760. The normalized spacial score (nSPS) is 24.6. The maximum absolute atomic E-state index is 3.67. The molecule has 2 rings (SSSR count). The summed E-state index contributed by atoms with van der Waals surface area (Å²) in [4.78, 5) is 2.54. The Bertz CT molecular complexity index is 369. The van der Waals surface area contributed by atoms with E-state index in [9.17, 15) is 0 Å². The maximum Gasteiger partial charge on any atom is 0.0387 e. The smallest absolute Gasteiger partial charge is 0.0387 e. The van der Waals surface area contributed by atoms with Gasteiger partial charge in [0, 0.05) is 30.9 Å². The highest BCUT2D eigenvalue weighted by Crippen LogP contribution is 2.22. The maximum atomic E-state index is 3.67. The van der Waals surface area contributed by atoms with Gasteiger partial charge in [-0.05, 0) is 38.3 Å². The van der Waals surface area contributed by atoms with Gasteiger partial charge in [-0.1, -0.05) is 31.5 Å². The van der Waals surface area contributed by atoms with Crippen LogP contribution in [-0.2, 0) is 0 Å². The molecule has 1 saturated heterocycles. The lowest BCUT2D eigenvalue weighted by atomic mass is 9.99. The first-order valence-electron chi connectivity index (χ1n) is 7.13. The number of nitrogens with zero attached hydrogens (tertiary/aromatic N) is 1. The van der Waals surface area contributed by atoms with Crippen LogP contribution in [0.5, 0.6) is 0 Å². The number of nitrogens with one attached hydrogen (secondary N) is 1. The Balaban J connectivity index is 2.07. The van der Waals surface area contributed by atoms with Crippen LogP contribution in [0.15, 0.2) is 24.3 Å². The summed E-state index contributed by atoms with van der Waals surface area (Å²) < 4.78 is 0. The van der Waals surface area contributed by atoms with E-state index < -0.39 is 0 Å². The molecule has 0 bridgehead atoms. The van der Waals surface area contributed by atoms with Crippen molar-refractivity contribution in [2.75, 3.05) is 18.0 Å². The molecule has 0 aliphatic carbocycles. The summed E-state index contributed by atoms with van der Waals surface area (Å²) in [5.41, 5.74) is 2.70. The van der Waals surface area contributed by atoms with Crippen molar-refractivity contribution in [3.8, 4) is 0 Å². The fraction of sp³-hybridized carbons (Fsp3) is 0.625. The zero-order chi connectivity index (χ0) is 13.1. The Morgan fingerprint density at radius 2 is 1.94 bits per heavy atom. The molecule has 1 N–H and O–H groups in total. The molecular formula is C16H26N2. The van der Waals surface area contributed by atoms with Crippen LogP contribution in [-0.4, -0.2) is 25.2 Å². The van der Waals surface area contributed by atoms with Crippen LogP contribution in [0.4, 0.5) is 5.69 Å². The molecule has 100 valence electrons. The Hall–Kier alpha value is -1.02. The first-order chi connectivity index (χ1) is 8.56. The molecule has 2 unspecified atom stereocenters. The molecule has 1 aromatic rings. The van der Waals surface area contributed by atoms with E-state index in [2.05, 4.69) is 62.2 Å². The standard InChI is InChI=1S/C16H26N2/c1-12(2)9-15-11-18(14(4)10-17-15)16-7-5-13(3)6-8-16/h5-8,12,14-15,17H,9-11H2,1-4H3. The summed E-state index contributed by atoms with van der Waals surface area (Å²) in [6.07, 6.45) is 1.26. The molecule has 1 aliphatic heterocycles. The summed E-state index contributed by atoms with van der Waals surface area (Å²) in [6, 6.07) is 10.1. The number of rotatable bonds is 3. The molecule has 1 aliphatic rings. The van der Waals surface area contributed by atoms with Gasteiger partial charge in [0.1, 0.15) is 0 Å². The first-order valence-corrected chi connectivity index (χ1v) is 7.13. The van der Waals surface area contributed by atoms with Crippen molar-refractivity contribution in [2.24, 2.45) is 5.92 Å². The Morgan fingerprint density at radius 3 is 2.56 bits per heavy atom. The fourth-order valence-electron chi connectivity index (χ4n) is 2.75. The van der Waals surface area contributed by atoms with Crippen LogP contribution in [0.3, 0.4) is 0 Å². The van der Waals surface area contributed by atoms with Crippen LogP contribution in [0, 0.1) is 12.8 Å². The molecule has 2 heteroatoms. The van der Waals surface area contributed by atoms with Gasteiger partial charge in [0.05, 0.1) is 0 Å². The molecule has 2 nitrogen and oxygen atoms in total. The van der Waals surface area contributed by atoms with Gasteiger partial charge in [-0.25, -0.2) is 0 Å². The minimum atomic E-state index is 0.580. The van der Waals surface area contributed by atoms with E-state index in [0.717, 1.165) is 19.0 Å². The van der Waals surface area contributed by atoms with Gasteiger partial charge < -0.3 is 10.2 Å². The van der Waals surface area contributed by atoms with Crippen molar-refractivity contribution < 1.29 is 0 Å². The lowest BCUT2D eigenvalue weighted by Crippen LogP contribution is -2.55. The number of aryl methyl sites for hydroxylation is 1. The fourth-order valence-corrected chi connectivity index (χ4v) is 2.75. The van der Waals surface area contributed by atoms with E-state index in [1.54, 1.807) is 0 Å². The highest BCUT2D eigenvalue weighted by molar-refractivity contribution is 5.49. The van der Waals surface area contributed by atoms with Gasteiger partial charge in [0.2, 0.25) is 0 Å². The highest BCUT2D eigenvalue weighted by Gasteiger charge is 2.25. The minimum Gasteiger partial charge on any atom is -0.366 e. The van der Waals surface area contributed by atoms with E-state index in [1.807, 2.05) is 0 Å². The van der Waals surface area contributed by atoms with Gasteiger partial charge in [-0.2, -0.15) is 0 Å². The SMILES string of the molecule is Cc1ccc(N2CC(CC(C)C)NCC2C)cc1. The van der Waals surface area contributed by atoms with Gasteiger partial charge in [-0.3, -0.25) is 0 Å². The quantitative estimate of drug-likeness (QED) is 0.881. The number of anilines is 1. The molecule has 18 heavy (non-hydrogen) atoms. The third-order valence-electron chi connectivity index (χ3n) is 3.77. The topological polar surface area (TPSA) is 15.3 Å². The molecule has 0 aromatic heterocycles. The Kier molecular flexibility index (Phi) is 4.28. The predicted octanol–water partition coefficient (Wildman–Crippen LogP) is 3.21. The van der Waals surface area contributed by atoms with Crippen molar-refractivity contribution in [1.82, 2.24) is 5.32 Å². The van der Waals surface area contributed by atoms with Crippen LogP contribution in [0.25, 0.3) is 0 Å². The monoisotopic (exact) mass is 246 g/mol. The number of benzene rings is 1. The second-order valence-corrected chi connectivity index (χ2v) is 6.07. The van der Waals surface area contributed by atoms with Crippen LogP contribution in [0.2, 0.25) is 0 Å². The van der Waals surface area contributed by atoms with E-state index in [4.69, 9.17) is 0 Å². The van der Waals surface area contributed by atoms with Gasteiger partial charge >= 0.3 is 0 Å². The zero-order valence-electron chi connectivity index (χ0n) is 12.1. The average Bonchev–Trinajstić information content (AvgIpc) is 2.32. The van der Waals surface area contributed by atoms with Crippen molar-refractivity contribution in [3.63, 3.8) is 0 Å². The van der Waals surface area contributed by atoms with E-state index in [1.165, 1.54) is 17.7 Å². The summed E-state index contributed by atoms with van der Waals surface area (Å²) in [7, 11) is 0. The molecule has 1 heterocycles. The summed E-state index contributed by atoms with van der Waals surface area (Å²) in [6.45, 7) is 11.3. The van der Waals surface area contributed by atoms with Crippen molar-refractivity contribution in [2.45, 2.75) is 46.2 Å². The van der Waals surface area contributed by atoms with Crippen molar-refractivity contribution >= 4 is 5.69 Å². The molecular weight excluding hydrogens is 220 g/mol. The Labute approximate surface area is 111 Å². The molecule has 1 aromatic carbocycles. The van der Waals surface area contributed by atoms with Gasteiger partial charge in [-0.15, -0.1) is 0 Å². The highest BCUT2D eigenvalue weighted by atomic mass is 15.2. The number of piperazine rings is 1. The molecule has 0 radical (unpaired) electrons. The van der Waals surface area contributed by atoms with E-state index in [-0.39, 0.29) is 0 Å². The minimum absolute atomic E-state index is 0.580. The first kappa shape index (κ1) is 13.4. The third-order valence-corrected chi connectivity index (χ3v) is 3.77. The summed E-state index contributed by atoms with van der Waals surface area (Å²) >= 11 is 0. The van der Waals surface area contributed by atoms with Gasteiger partial charge in [0.15, 0.2) is 0 Å². The number of hydrogen-bond acceptors (Lipinski definition) is 2. The molecule has 2 atom stereocenters.